The standard InChI is InChI=1S/C14H17N3O2/c1-10-13(4-6-19-10)17-14(18)12-7-11(3-2-5-15)8-16-9-12/h7-10,13H,4-6,15H2,1H3,(H,17,18). The first-order valence-electron chi connectivity index (χ1n) is 6.27. The molecule has 2 rings (SSSR count). The molecule has 1 aromatic heterocycles. The van der Waals surface area contributed by atoms with Gasteiger partial charge in [0.25, 0.3) is 5.91 Å². The molecule has 0 spiro atoms. The molecule has 1 aliphatic rings. The second kappa shape index (κ2) is 6.32. The summed E-state index contributed by atoms with van der Waals surface area (Å²) in [5.74, 6) is 5.45. The van der Waals surface area contributed by atoms with E-state index in [4.69, 9.17) is 10.5 Å². The molecule has 1 aliphatic heterocycles. The largest absolute Gasteiger partial charge is 0.376 e. The molecule has 100 valence electrons. The minimum Gasteiger partial charge on any atom is -0.376 e. The normalized spacial score (nSPS) is 21.6. The van der Waals surface area contributed by atoms with Gasteiger partial charge in [0.05, 0.1) is 24.3 Å². The molecule has 0 bridgehead atoms. The van der Waals surface area contributed by atoms with Gasteiger partial charge in [-0.05, 0) is 19.4 Å². The van der Waals surface area contributed by atoms with Crippen molar-refractivity contribution in [3.05, 3.63) is 29.6 Å². The van der Waals surface area contributed by atoms with E-state index >= 15 is 0 Å². The molecule has 0 aromatic carbocycles. The van der Waals surface area contributed by atoms with Crippen LogP contribution in [0.4, 0.5) is 0 Å². The Bertz CT molecular complexity index is 519. The fraction of sp³-hybridized carbons (Fsp3) is 0.429. The van der Waals surface area contributed by atoms with Gasteiger partial charge in [-0.2, -0.15) is 0 Å². The van der Waals surface area contributed by atoms with Gasteiger partial charge in [-0.1, -0.05) is 11.8 Å². The molecule has 2 unspecified atom stereocenters. The Morgan fingerprint density at radius 2 is 2.47 bits per heavy atom. The number of nitrogens with two attached hydrogens (primary N) is 1. The number of rotatable bonds is 2. The molecule has 0 radical (unpaired) electrons. The number of hydrogen-bond donors (Lipinski definition) is 2. The number of aromatic nitrogens is 1. The maximum absolute atomic E-state index is 12.1. The van der Waals surface area contributed by atoms with Crippen LogP contribution in [0.2, 0.25) is 0 Å². The summed E-state index contributed by atoms with van der Waals surface area (Å²) in [6.07, 6.45) is 4.04. The molecule has 5 heteroatoms. The number of carbonyl (C=O) groups is 1. The first kappa shape index (κ1) is 13.5. The Kier molecular flexibility index (Phi) is 4.50. The van der Waals surface area contributed by atoms with Crippen LogP contribution in [0.25, 0.3) is 0 Å². The lowest BCUT2D eigenvalue weighted by atomic mass is 10.1. The average molecular weight is 259 g/mol. The van der Waals surface area contributed by atoms with E-state index in [2.05, 4.69) is 22.1 Å². The summed E-state index contributed by atoms with van der Waals surface area (Å²) >= 11 is 0. The number of nitrogens with one attached hydrogen (secondary N) is 1. The van der Waals surface area contributed by atoms with Crippen molar-refractivity contribution in [2.24, 2.45) is 5.73 Å². The maximum Gasteiger partial charge on any atom is 0.253 e. The maximum atomic E-state index is 12.1. The average Bonchev–Trinajstić information content (AvgIpc) is 2.82. The summed E-state index contributed by atoms with van der Waals surface area (Å²) in [4.78, 5) is 16.1. The molecule has 1 fully saturated rings. The SMILES string of the molecule is CC1OCCC1NC(=O)c1cncc(C#CCN)c1. The fourth-order valence-corrected chi connectivity index (χ4v) is 1.96. The van der Waals surface area contributed by atoms with Gasteiger partial charge in [0.2, 0.25) is 0 Å². The lowest BCUT2D eigenvalue weighted by Crippen LogP contribution is -2.39. The molecule has 2 heterocycles. The zero-order valence-electron chi connectivity index (χ0n) is 10.8. The predicted octanol–water partition coefficient (Wildman–Crippen LogP) is 0.299. The molecule has 3 N–H and O–H groups in total. The summed E-state index contributed by atoms with van der Waals surface area (Å²) in [7, 11) is 0. The van der Waals surface area contributed by atoms with E-state index in [9.17, 15) is 4.79 Å². The topological polar surface area (TPSA) is 77.2 Å². The molecule has 1 amide bonds. The van der Waals surface area contributed by atoms with Crippen molar-refractivity contribution < 1.29 is 9.53 Å². The van der Waals surface area contributed by atoms with Gasteiger partial charge in [0.15, 0.2) is 0 Å². The number of ether oxygens (including phenoxy) is 1. The number of amides is 1. The van der Waals surface area contributed by atoms with Gasteiger partial charge in [-0.15, -0.1) is 0 Å². The van der Waals surface area contributed by atoms with Gasteiger partial charge < -0.3 is 15.8 Å². The van der Waals surface area contributed by atoms with Crippen molar-refractivity contribution in [1.82, 2.24) is 10.3 Å². The minimum atomic E-state index is -0.147. The van der Waals surface area contributed by atoms with E-state index in [1.54, 1.807) is 12.3 Å². The van der Waals surface area contributed by atoms with E-state index in [-0.39, 0.29) is 24.6 Å². The zero-order valence-corrected chi connectivity index (χ0v) is 10.8. The van der Waals surface area contributed by atoms with Crippen molar-refractivity contribution in [1.29, 1.82) is 0 Å². The van der Waals surface area contributed by atoms with E-state index < -0.39 is 0 Å². The fourth-order valence-electron chi connectivity index (χ4n) is 1.96. The quantitative estimate of drug-likeness (QED) is 0.749. The molecule has 0 saturated carbocycles. The van der Waals surface area contributed by atoms with Crippen molar-refractivity contribution in [2.45, 2.75) is 25.5 Å². The van der Waals surface area contributed by atoms with Crippen LogP contribution in [0.1, 0.15) is 29.3 Å². The van der Waals surface area contributed by atoms with Crippen LogP contribution < -0.4 is 11.1 Å². The Morgan fingerprint density at radius 3 is 3.16 bits per heavy atom. The molecular formula is C14H17N3O2. The van der Waals surface area contributed by atoms with Gasteiger partial charge >= 0.3 is 0 Å². The summed E-state index contributed by atoms with van der Waals surface area (Å²) in [6, 6.07) is 1.78. The van der Waals surface area contributed by atoms with Crippen LogP contribution in [0.15, 0.2) is 18.5 Å². The molecule has 1 aromatic rings. The van der Waals surface area contributed by atoms with E-state index in [0.717, 1.165) is 6.42 Å². The molecular weight excluding hydrogens is 242 g/mol. The second-order valence-corrected chi connectivity index (χ2v) is 4.41. The Morgan fingerprint density at radius 1 is 1.63 bits per heavy atom. The highest BCUT2D eigenvalue weighted by Crippen LogP contribution is 2.13. The Labute approximate surface area is 112 Å². The number of nitrogens with zero attached hydrogens (tertiary/aromatic N) is 1. The molecule has 1 saturated heterocycles. The van der Waals surface area contributed by atoms with E-state index in [1.807, 2.05) is 6.92 Å². The predicted molar refractivity (Wildman–Crippen MR) is 71.5 cm³/mol. The van der Waals surface area contributed by atoms with Gasteiger partial charge in [-0.3, -0.25) is 9.78 Å². The smallest absolute Gasteiger partial charge is 0.253 e. The van der Waals surface area contributed by atoms with Gasteiger partial charge in [-0.25, -0.2) is 0 Å². The summed E-state index contributed by atoms with van der Waals surface area (Å²) in [5.41, 5.74) is 6.50. The third kappa shape index (κ3) is 3.53. The van der Waals surface area contributed by atoms with E-state index in [1.165, 1.54) is 6.20 Å². The third-order valence-electron chi connectivity index (χ3n) is 3.03. The second-order valence-electron chi connectivity index (χ2n) is 4.41. The Hall–Kier alpha value is -1.90. The summed E-state index contributed by atoms with van der Waals surface area (Å²) in [6.45, 7) is 2.93. The molecule has 5 nitrogen and oxygen atoms in total. The third-order valence-corrected chi connectivity index (χ3v) is 3.03. The first-order valence-corrected chi connectivity index (χ1v) is 6.27. The van der Waals surface area contributed by atoms with Crippen molar-refractivity contribution in [3.8, 4) is 11.8 Å². The van der Waals surface area contributed by atoms with Crippen molar-refractivity contribution in [3.63, 3.8) is 0 Å². The van der Waals surface area contributed by atoms with Gasteiger partial charge in [0, 0.05) is 24.6 Å². The van der Waals surface area contributed by atoms with Crippen LogP contribution in [0, 0.1) is 11.8 Å². The van der Waals surface area contributed by atoms with Gasteiger partial charge in [0.1, 0.15) is 0 Å². The highest BCUT2D eigenvalue weighted by Gasteiger charge is 2.26. The van der Waals surface area contributed by atoms with E-state index in [0.29, 0.717) is 17.7 Å². The Balaban J connectivity index is 2.06. The lowest BCUT2D eigenvalue weighted by molar-refractivity contribution is 0.0866. The summed E-state index contributed by atoms with van der Waals surface area (Å²) in [5, 5.41) is 2.95. The monoisotopic (exact) mass is 259 g/mol. The van der Waals surface area contributed by atoms with Crippen LogP contribution in [0.3, 0.4) is 0 Å². The molecule has 19 heavy (non-hydrogen) atoms. The lowest BCUT2D eigenvalue weighted by Gasteiger charge is -2.15. The van der Waals surface area contributed by atoms with Crippen LogP contribution in [-0.4, -0.2) is 36.2 Å². The van der Waals surface area contributed by atoms with Crippen LogP contribution in [0.5, 0.6) is 0 Å². The van der Waals surface area contributed by atoms with Crippen molar-refractivity contribution >= 4 is 5.91 Å². The molecule has 0 aliphatic carbocycles. The molecule has 2 atom stereocenters. The highest BCUT2D eigenvalue weighted by atomic mass is 16.5. The zero-order chi connectivity index (χ0) is 13.7. The number of pyridine rings is 1. The first-order chi connectivity index (χ1) is 9.20. The minimum absolute atomic E-state index is 0.0529. The summed E-state index contributed by atoms with van der Waals surface area (Å²) < 4.78 is 5.41. The van der Waals surface area contributed by atoms with Crippen LogP contribution in [-0.2, 0) is 4.74 Å². The number of hydrogen-bond acceptors (Lipinski definition) is 4. The van der Waals surface area contributed by atoms with Crippen molar-refractivity contribution in [2.75, 3.05) is 13.2 Å². The number of carbonyl (C=O) groups excluding carboxylic acids is 1. The van der Waals surface area contributed by atoms with Crippen LogP contribution >= 0.6 is 0 Å². The highest BCUT2D eigenvalue weighted by molar-refractivity contribution is 5.94.